The number of fused-ring (bicyclic) bond motifs is 3. The first kappa shape index (κ1) is 88.1. The summed E-state index contributed by atoms with van der Waals surface area (Å²) in [4.78, 5) is 163. The van der Waals surface area contributed by atoms with Crippen LogP contribution in [0.2, 0.25) is 0 Å². The molecule has 2 aromatic carbocycles. The summed E-state index contributed by atoms with van der Waals surface area (Å²) in [6.07, 6.45) is 18.9. The van der Waals surface area contributed by atoms with Crippen LogP contribution in [0, 0.1) is 17.8 Å². The zero-order valence-electron chi connectivity index (χ0n) is 66.9. The minimum absolute atomic E-state index is 0.00770. The molecule has 0 spiro atoms. The molecule has 3 aromatic rings. The first-order valence-electron chi connectivity index (χ1n) is 38.9. The van der Waals surface area contributed by atoms with Crippen molar-refractivity contribution in [1.82, 2.24) is 35.2 Å². The second-order valence-corrected chi connectivity index (χ2v) is 32.0. The summed E-state index contributed by atoms with van der Waals surface area (Å²) < 4.78 is 28.1. The van der Waals surface area contributed by atoms with Gasteiger partial charge in [0.2, 0.25) is 29.5 Å². The molecule has 596 valence electrons. The highest BCUT2D eigenvalue weighted by molar-refractivity contribution is 6.20. The summed E-state index contributed by atoms with van der Waals surface area (Å²) in [5, 5.41) is 11.7. The summed E-state index contributed by atoms with van der Waals surface area (Å²) in [7, 11) is 4.78. The molecule has 4 aliphatic rings. The lowest BCUT2D eigenvalue weighted by molar-refractivity contribution is -0.134. The van der Waals surface area contributed by atoms with Crippen molar-refractivity contribution in [2.75, 3.05) is 71.9 Å². The number of aromatic nitrogens is 1. The first-order chi connectivity index (χ1) is 51.1. The van der Waals surface area contributed by atoms with Crippen molar-refractivity contribution in [3.8, 4) is 0 Å². The first-order valence-corrected chi connectivity index (χ1v) is 38.9. The molecular formula is C82H122N10O16. The van der Waals surface area contributed by atoms with E-state index in [-0.39, 0.29) is 110 Å². The minimum Gasteiger partial charge on any atom is -0.444 e. The molecule has 6 atom stereocenters. The third-order valence-corrected chi connectivity index (χ3v) is 19.5. The van der Waals surface area contributed by atoms with E-state index in [1.54, 1.807) is 19.0 Å². The molecule has 1 aliphatic heterocycles. The molecule has 108 heavy (non-hydrogen) atoms. The van der Waals surface area contributed by atoms with E-state index in [1.165, 1.54) is 35.0 Å². The number of carbonyl (C=O) groups excluding carboxylic acids is 9. The highest BCUT2D eigenvalue weighted by Gasteiger charge is 2.61. The van der Waals surface area contributed by atoms with Gasteiger partial charge in [-0.3, -0.25) is 33.3 Å². The van der Waals surface area contributed by atoms with Gasteiger partial charge in [-0.25, -0.2) is 34.0 Å². The van der Waals surface area contributed by atoms with Gasteiger partial charge in [-0.15, -0.1) is 0 Å². The largest absolute Gasteiger partial charge is 0.444 e. The van der Waals surface area contributed by atoms with E-state index in [0.717, 1.165) is 92.7 Å². The van der Waals surface area contributed by atoms with Crippen LogP contribution in [0.4, 0.5) is 20.1 Å². The van der Waals surface area contributed by atoms with E-state index in [0.29, 0.717) is 69.0 Å². The van der Waals surface area contributed by atoms with Crippen LogP contribution in [0.5, 0.6) is 0 Å². The third kappa shape index (κ3) is 26.8. The Kier molecular flexibility index (Phi) is 34.0. The topological polar surface area (TPSA) is 325 Å². The van der Waals surface area contributed by atoms with Crippen LogP contribution in [-0.4, -0.2) is 174 Å². The number of likely N-dealkylation sites (N-methyl/N-ethyl adjacent to an activating group) is 2. The van der Waals surface area contributed by atoms with Crippen molar-refractivity contribution in [1.29, 1.82) is 0 Å². The van der Waals surface area contributed by atoms with Gasteiger partial charge in [-0.1, -0.05) is 95.1 Å². The fourth-order valence-electron chi connectivity index (χ4n) is 14.3. The summed E-state index contributed by atoms with van der Waals surface area (Å²) in [6.45, 7) is 24.4. The average Bonchev–Trinajstić information content (AvgIpc) is 0.720. The number of aliphatic imine (C=N–C) groups is 2. The lowest BCUT2D eigenvalue weighted by atomic mass is 9.46. The van der Waals surface area contributed by atoms with Crippen molar-refractivity contribution in [3.05, 3.63) is 98.4 Å². The van der Waals surface area contributed by atoms with Gasteiger partial charge in [0.05, 0.1) is 24.1 Å². The van der Waals surface area contributed by atoms with Gasteiger partial charge in [0.1, 0.15) is 22.8 Å². The number of allylic oxidation sites excluding steroid dienone is 4. The molecule has 3 aliphatic carbocycles. The number of ether oxygens (including phenoxy) is 4. The lowest BCUT2D eigenvalue weighted by Gasteiger charge is -2.57. The Labute approximate surface area is 637 Å². The number of anilines is 1. The van der Waals surface area contributed by atoms with Gasteiger partial charge in [-0.2, -0.15) is 0 Å². The maximum absolute atomic E-state index is 14.9. The Balaban J connectivity index is 1.24. The molecule has 26 nitrogen and oxygen atoms in total. The normalized spacial score (nSPS) is 19.2. The van der Waals surface area contributed by atoms with Crippen molar-refractivity contribution in [2.45, 2.75) is 252 Å². The molecule has 5 unspecified atom stereocenters. The summed E-state index contributed by atoms with van der Waals surface area (Å²) >= 11 is 0. The Morgan fingerprint density at radius 3 is 1.68 bits per heavy atom. The number of nitrogens with one attached hydrogen (secondary N) is 4. The number of hydrogen-bond acceptors (Lipinski definition) is 16. The maximum Gasteiger partial charge on any atom is 0.422 e. The van der Waals surface area contributed by atoms with E-state index in [4.69, 9.17) is 33.3 Å². The van der Waals surface area contributed by atoms with Crippen molar-refractivity contribution in [3.63, 3.8) is 0 Å². The fourth-order valence-corrected chi connectivity index (χ4v) is 14.3. The van der Waals surface area contributed by atoms with E-state index in [2.05, 4.69) is 21.3 Å². The molecule has 1 aromatic heterocycles. The quantitative estimate of drug-likeness (QED) is 0.0235. The molecule has 7 rings (SSSR count). The second kappa shape index (κ2) is 41.7. The van der Waals surface area contributed by atoms with Gasteiger partial charge in [0, 0.05) is 132 Å². The second-order valence-electron chi connectivity index (χ2n) is 32.0. The Hall–Kier alpha value is -8.81. The number of aryl methyl sites for hydroxylation is 1. The highest BCUT2D eigenvalue weighted by Crippen LogP contribution is 2.59. The van der Waals surface area contributed by atoms with E-state index in [1.807, 2.05) is 126 Å². The summed E-state index contributed by atoms with van der Waals surface area (Å²) in [5.74, 6) is -4.41. The van der Waals surface area contributed by atoms with Crippen molar-refractivity contribution in [2.24, 2.45) is 34.8 Å². The van der Waals surface area contributed by atoms with Gasteiger partial charge in [0.25, 0.3) is 5.91 Å². The molecule has 4 N–H and O–H groups in total. The van der Waals surface area contributed by atoms with Crippen LogP contribution in [0.1, 0.15) is 245 Å². The molecule has 26 heteroatoms. The van der Waals surface area contributed by atoms with Gasteiger partial charge in [0.15, 0.2) is 0 Å². The predicted octanol–water partition coefficient (Wildman–Crippen LogP) is 13.0. The number of hydrogen-bond donors (Lipinski definition) is 4. The third-order valence-electron chi connectivity index (χ3n) is 19.5. The van der Waals surface area contributed by atoms with Crippen molar-refractivity contribution >= 4 is 81.7 Å². The molecule has 2 heterocycles. The Morgan fingerprint density at radius 1 is 0.630 bits per heavy atom. The van der Waals surface area contributed by atoms with Gasteiger partial charge < -0.3 is 59.3 Å². The van der Waals surface area contributed by atoms with Crippen LogP contribution >= 0.6 is 0 Å². The summed E-state index contributed by atoms with van der Waals surface area (Å²) in [5.41, 5.74) is -0.162. The molecular weight excluding hydrogens is 1380 g/mol. The smallest absolute Gasteiger partial charge is 0.422 e. The maximum atomic E-state index is 14.9. The monoisotopic (exact) mass is 1500 g/mol. The molecule has 1 saturated carbocycles. The van der Waals surface area contributed by atoms with Gasteiger partial charge in [-0.05, 0) is 175 Å². The number of nitrogens with zero attached hydrogens (tertiary/aromatic N) is 6. The molecule has 2 bridgehead atoms. The van der Waals surface area contributed by atoms with Crippen LogP contribution < -0.4 is 32.6 Å². The molecule has 0 radical (unpaired) electrons. The number of rotatable bonds is 38. The van der Waals surface area contributed by atoms with Crippen LogP contribution in [0.15, 0.2) is 84.7 Å². The van der Waals surface area contributed by atoms with E-state index < -0.39 is 81.6 Å². The van der Waals surface area contributed by atoms with Crippen LogP contribution in [0.25, 0.3) is 10.9 Å². The number of likely N-dealkylation sites (tertiary alicyclic amines) is 1. The standard InChI is InChI=1S/C82H122N10O16/c1-16-33-60-69-58-41-39-57(86-65(93)35-27-21-18-24-30-44-83-75(100)106-79(4,5)6)53-62(58)82(71(60)88-67(95)37-29-23-20-26-32-46-85-77(102)108-81(10,11)12,61(34-17-2)70(69)87-66(94)36-28-22-19-25-31-45-84-76(101)107-80(7,8)9)43-42-68(96)89(13)47-49-104-50-48-90(14)73(98)64-51-55(3)54-92(64)72(97)56-38-40-59-63(52-56)91(15)78(103)105-74(59)99/h16-17,33-34,38-41,52-53,55,60-61,64,69H,18-32,35-37,42-51,54H2,1-15H3,(H,83,100)(H,84,101)(H,85,102)(H,86,93)/b33-16-,34-17-,87-70+,88-71-/t55-,60?,61?,64?,69?,82?/m0/s1. The lowest BCUT2D eigenvalue weighted by Crippen LogP contribution is -2.61. The number of unbranched alkanes of at least 4 members (excludes halogenated alkanes) is 12. The Bertz CT molecular complexity index is 3850. The predicted molar refractivity (Wildman–Crippen MR) is 418 cm³/mol. The van der Waals surface area contributed by atoms with Crippen molar-refractivity contribution < 1.29 is 66.5 Å². The molecule has 2 fully saturated rings. The summed E-state index contributed by atoms with van der Waals surface area (Å²) in [6, 6.07) is 9.39. The molecule has 1 saturated heterocycles. The van der Waals surface area contributed by atoms with E-state index in [9.17, 15) is 52.7 Å². The zero-order chi connectivity index (χ0) is 79.5. The SMILES string of the molecule is C/C=C\C1/C(=N/C(=O)CCCCCCCNC(=O)OC(C)(C)C)C2(CCC(=O)N(C)CCOCCN(C)C(=O)C3C[C@H](C)CN3C(=O)c3ccc4c(=O)oc(=O)n(C)c4c3)c3cc(NC(=O)CCCCCCCNC(=O)OC(C)(C)C)ccc3C1/C(=N/C(=O)CCCCCCCNC(=O)OC(C)(C)C)C2/C=C\C. The number of carbonyl (C=O) groups is 9. The minimum atomic E-state index is -1.27. The van der Waals surface area contributed by atoms with Crippen LogP contribution in [-0.2, 0) is 55.4 Å². The van der Waals surface area contributed by atoms with Crippen LogP contribution in [0.3, 0.4) is 0 Å². The zero-order valence-corrected chi connectivity index (χ0v) is 66.9. The number of benzene rings is 2. The highest BCUT2D eigenvalue weighted by atomic mass is 16.6. The van der Waals surface area contributed by atoms with E-state index >= 15 is 0 Å². The number of alkyl carbamates (subject to hydrolysis) is 3. The average molecular weight is 1500 g/mol. The fraction of sp³-hybridized carbons (Fsp3) is 0.646. The number of amides is 9. The van der Waals surface area contributed by atoms with Gasteiger partial charge >= 0.3 is 29.7 Å². The molecule has 9 amide bonds. The Morgan fingerprint density at radius 2 is 1.14 bits per heavy atom.